The molecule has 1 unspecified atom stereocenters. The molecule has 0 aliphatic rings. The lowest BCUT2D eigenvalue weighted by atomic mass is 10.0. The van der Waals surface area contributed by atoms with E-state index in [2.05, 4.69) is 16.7 Å². The van der Waals surface area contributed by atoms with Crippen molar-refractivity contribution in [1.82, 2.24) is 10.6 Å². The van der Waals surface area contributed by atoms with Gasteiger partial charge in [0, 0.05) is 18.5 Å². The first-order valence-electron chi connectivity index (χ1n) is 10.4. The normalized spacial score (nSPS) is 11.4. The summed E-state index contributed by atoms with van der Waals surface area (Å²) in [6.07, 6.45) is 1.06. The highest BCUT2D eigenvalue weighted by atomic mass is 16.5. The molecule has 31 heavy (non-hydrogen) atoms. The maximum atomic E-state index is 13.0. The smallest absolute Gasteiger partial charge is 0.251 e. The van der Waals surface area contributed by atoms with Gasteiger partial charge in [-0.3, -0.25) is 9.59 Å². The molecule has 0 radical (unpaired) electrons. The highest BCUT2D eigenvalue weighted by Gasteiger charge is 2.21. The number of amides is 2. The van der Waals surface area contributed by atoms with Crippen LogP contribution in [0.25, 0.3) is 0 Å². The monoisotopic (exact) mass is 416 g/mol. The zero-order chi connectivity index (χ0) is 22.1. The first-order chi connectivity index (χ1) is 15.1. The lowest BCUT2D eigenvalue weighted by molar-refractivity contribution is -0.122. The Morgan fingerprint density at radius 3 is 2.29 bits per heavy atom. The third-order valence-corrected chi connectivity index (χ3v) is 5.07. The molecule has 2 N–H and O–H groups in total. The van der Waals surface area contributed by atoms with E-state index in [4.69, 9.17) is 4.74 Å². The van der Waals surface area contributed by atoms with Gasteiger partial charge in [-0.25, -0.2) is 0 Å². The third kappa shape index (κ3) is 6.44. The summed E-state index contributed by atoms with van der Waals surface area (Å²) in [6.45, 7) is 2.47. The van der Waals surface area contributed by atoms with Gasteiger partial charge in [-0.15, -0.1) is 0 Å². The Bertz CT molecular complexity index is 1000. The van der Waals surface area contributed by atoms with E-state index in [1.54, 1.807) is 31.4 Å². The van der Waals surface area contributed by atoms with Crippen LogP contribution in [0.15, 0.2) is 78.9 Å². The molecule has 160 valence electrons. The van der Waals surface area contributed by atoms with Crippen LogP contribution in [0.5, 0.6) is 5.75 Å². The summed E-state index contributed by atoms with van der Waals surface area (Å²) in [5.74, 6) is 0.329. The zero-order valence-corrected chi connectivity index (χ0v) is 17.9. The second kappa shape index (κ2) is 11.0. The van der Waals surface area contributed by atoms with Crippen molar-refractivity contribution in [1.29, 1.82) is 0 Å². The molecule has 0 aromatic heterocycles. The number of benzene rings is 3. The quantitative estimate of drug-likeness (QED) is 0.559. The second-order valence-corrected chi connectivity index (χ2v) is 7.44. The Kier molecular flexibility index (Phi) is 7.82. The molecule has 5 heteroatoms. The number of aryl methyl sites for hydroxylation is 1. The van der Waals surface area contributed by atoms with Crippen LogP contribution in [0.2, 0.25) is 0 Å². The van der Waals surface area contributed by atoms with E-state index in [-0.39, 0.29) is 11.8 Å². The predicted octanol–water partition coefficient (Wildman–Crippen LogP) is 3.70. The first-order valence-corrected chi connectivity index (χ1v) is 10.4. The Morgan fingerprint density at radius 1 is 0.935 bits per heavy atom. The number of ether oxygens (including phenoxy) is 1. The summed E-state index contributed by atoms with van der Waals surface area (Å²) in [4.78, 5) is 25.6. The Hall–Kier alpha value is -3.60. The molecule has 3 rings (SSSR count). The van der Waals surface area contributed by atoms with E-state index in [1.807, 2.05) is 55.5 Å². The maximum absolute atomic E-state index is 13.0. The molecular weight excluding hydrogens is 388 g/mol. The van der Waals surface area contributed by atoms with Gasteiger partial charge in [0.2, 0.25) is 5.91 Å². The third-order valence-electron chi connectivity index (χ3n) is 5.07. The molecular formula is C26H28N2O3. The van der Waals surface area contributed by atoms with Crippen LogP contribution in [-0.2, 0) is 17.6 Å². The molecule has 2 amide bonds. The SMILES string of the molecule is COc1ccc(C)cc1CCNC(=O)C(Cc1ccccc1)NC(=O)c1ccccc1. The molecule has 0 aliphatic carbocycles. The largest absolute Gasteiger partial charge is 0.496 e. The molecule has 0 aliphatic heterocycles. The van der Waals surface area contributed by atoms with Crippen molar-refractivity contribution in [3.05, 3.63) is 101 Å². The predicted molar refractivity (Wildman–Crippen MR) is 122 cm³/mol. The summed E-state index contributed by atoms with van der Waals surface area (Å²) in [5, 5.41) is 5.86. The minimum absolute atomic E-state index is 0.209. The standard InChI is InChI=1S/C26H28N2O3/c1-19-13-14-24(31-2)22(17-19)15-16-27-26(30)23(18-20-9-5-3-6-10-20)28-25(29)21-11-7-4-8-12-21/h3-14,17,23H,15-16,18H2,1-2H3,(H,27,30)(H,28,29). The highest BCUT2D eigenvalue weighted by molar-refractivity contribution is 5.97. The number of carbonyl (C=O) groups is 2. The van der Waals surface area contributed by atoms with Crippen LogP contribution in [0.1, 0.15) is 27.0 Å². The maximum Gasteiger partial charge on any atom is 0.251 e. The van der Waals surface area contributed by atoms with Crippen LogP contribution in [0.4, 0.5) is 0 Å². The summed E-state index contributed by atoms with van der Waals surface area (Å²) in [5.41, 5.74) is 3.68. The van der Waals surface area contributed by atoms with Crippen LogP contribution >= 0.6 is 0 Å². The number of carbonyl (C=O) groups excluding carboxylic acids is 2. The average molecular weight is 417 g/mol. The number of rotatable bonds is 9. The van der Waals surface area contributed by atoms with Crippen molar-refractivity contribution in [2.75, 3.05) is 13.7 Å². The van der Waals surface area contributed by atoms with Crippen LogP contribution in [0.3, 0.4) is 0 Å². The lowest BCUT2D eigenvalue weighted by Gasteiger charge is -2.19. The molecule has 0 fully saturated rings. The van der Waals surface area contributed by atoms with Crippen molar-refractivity contribution >= 4 is 11.8 Å². The number of hydrogen-bond acceptors (Lipinski definition) is 3. The van der Waals surface area contributed by atoms with E-state index in [0.29, 0.717) is 24.9 Å². The number of methoxy groups -OCH3 is 1. The average Bonchev–Trinajstić information content (AvgIpc) is 2.80. The molecule has 3 aromatic carbocycles. The van der Waals surface area contributed by atoms with Crippen molar-refractivity contribution < 1.29 is 14.3 Å². The van der Waals surface area contributed by atoms with Gasteiger partial charge in [0.1, 0.15) is 11.8 Å². The van der Waals surface area contributed by atoms with Crippen LogP contribution in [-0.4, -0.2) is 31.5 Å². The minimum atomic E-state index is -0.672. The van der Waals surface area contributed by atoms with E-state index in [1.165, 1.54) is 0 Å². The molecule has 0 saturated carbocycles. The van der Waals surface area contributed by atoms with E-state index < -0.39 is 6.04 Å². The van der Waals surface area contributed by atoms with E-state index in [0.717, 1.165) is 22.4 Å². The first kappa shape index (κ1) is 22.1. The van der Waals surface area contributed by atoms with Crippen LogP contribution < -0.4 is 15.4 Å². The van der Waals surface area contributed by atoms with Gasteiger partial charge >= 0.3 is 0 Å². The lowest BCUT2D eigenvalue weighted by Crippen LogP contribution is -2.48. The van der Waals surface area contributed by atoms with Gasteiger partial charge in [0.15, 0.2) is 0 Å². The Labute approximate surface area is 183 Å². The Balaban J connectivity index is 1.67. The summed E-state index contributed by atoms with van der Waals surface area (Å²) in [6, 6.07) is 23.9. The number of hydrogen-bond donors (Lipinski definition) is 2. The second-order valence-electron chi connectivity index (χ2n) is 7.44. The molecule has 1 atom stereocenters. The number of nitrogens with one attached hydrogen (secondary N) is 2. The zero-order valence-electron chi connectivity index (χ0n) is 17.9. The molecule has 0 heterocycles. The molecule has 0 spiro atoms. The molecule has 5 nitrogen and oxygen atoms in total. The summed E-state index contributed by atoms with van der Waals surface area (Å²) < 4.78 is 5.42. The van der Waals surface area contributed by atoms with Gasteiger partial charge < -0.3 is 15.4 Å². The van der Waals surface area contributed by atoms with Crippen molar-refractivity contribution in [3.8, 4) is 5.75 Å². The van der Waals surface area contributed by atoms with Gasteiger partial charge in [-0.1, -0.05) is 66.2 Å². The van der Waals surface area contributed by atoms with E-state index >= 15 is 0 Å². The summed E-state index contributed by atoms with van der Waals surface area (Å²) in [7, 11) is 1.64. The van der Waals surface area contributed by atoms with Gasteiger partial charge in [-0.05, 0) is 42.7 Å². The fourth-order valence-corrected chi connectivity index (χ4v) is 3.44. The minimum Gasteiger partial charge on any atom is -0.496 e. The molecule has 3 aromatic rings. The fraction of sp³-hybridized carbons (Fsp3) is 0.231. The topological polar surface area (TPSA) is 67.4 Å². The van der Waals surface area contributed by atoms with Gasteiger partial charge in [0.25, 0.3) is 5.91 Å². The highest BCUT2D eigenvalue weighted by Crippen LogP contribution is 2.19. The summed E-state index contributed by atoms with van der Waals surface area (Å²) >= 11 is 0. The molecule has 0 saturated heterocycles. The van der Waals surface area contributed by atoms with Crippen molar-refractivity contribution in [2.45, 2.75) is 25.8 Å². The van der Waals surface area contributed by atoms with Crippen molar-refractivity contribution in [2.24, 2.45) is 0 Å². The van der Waals surface area contributed by atoms with Gasteiger partial charge in [0.05, 0.1) is 7.11 Å². The van der Waals surface area contributed by atoms with E-state index in [9.17, 15) is 9.59 Å². The van der Waals surface area contributed by atoms with Crippen molar-refractivity contribution in [3.63, 3.8) is 0 Å². The molecule has 0 bridgehead atoms. The van der Waals surface area contributed by atoms with Gasteiger partial charge in [-0.2, -0.15) is 0 Å². The van der Waals surface area contributed by atoms with Crippen LogP contribution in [0, 0.1) is 6.92 Å². The Morgan fingerprint density at radius 2 is 1.61 bits per heavy atom. The fourth-order valence-electron chi connectivity index (χ4n) is 3.44.